The van der Waals surface area contributed by atoms with Crippen LogP contribution in [0.1, 0.15) is 12.5 Å². The van der Waals surface area contributed by atoms with Crippen molar-refractivity contribution in [3.8, 4) is 0 Å². The Bertz CT molecular complexity index is 538. The van der Waals surface area contributed by atoms with E-state index in [9.17, 15) is 8.78 Å². The van der Waals surface area contributed by atoms with Crippen molar-refractivity contribution in [1.29, 1.82) is 0 Å². The van der Waals surface area contributed by atoms with Gasteiger partial charge in [0.15, 0.2) is 0 Å². The molecule has 1 aromatic carbocycles. The third-order valence-electron chi connectivity index (χ3n) is 2.21. The van der Waals surface area contributed by atoms with Gasteiger partial charge in [0, 0.05) is 22.3 Å². The number of rotatable bonds is 2. The summed E-state index contributed by atoms with van der Waals surface area (Å²) in [5.41, 5.74) is 0.747. The van der Waals surface area contributed by atoms with Crippen LogP contribution in [0, 0.1) is 0 Å². The molecule has 1 atom stereocenters. The molecule has 7 heteroatoms. The summed E-state index contributed by atoms with van der Waals surface area (Å²) in [4.78, 5) is 0. The monoisotopic (exact) mass is 418 g/mol. The molecule has 1 heterocycles. The lowest BCUT2D eigenvalue weighted by Gasteiger charge is -2.12. The van der Waals surface area contributed by atoms with Crippen molar-refractivity contribution in [3.63, 3.8) is 0 Å². The van der Waals surface area contributed by atoms with Crippen molar-refractivity contribution in [2.45, 2.75) is 12.8 Å². The Labute approximate surface area is 114 Å². The average molecular weight is 419 g/mol. The van der Waals surface area contributed by atoms with Gasteiger partial charge in [0.1, 0.15) is 0 Å². The summed E-state index contributed by atoms with van der Waals surface area (Å²) in [6.45, 7) is 0.901. The summed E-state index contributed by atoms with van der Waals surface area (Å²) >= 11 is 5.42. The van der Waals surface area contributed by atoms with Crippen LogP contribution < -0.4 is 0 Å². The molecule has 86 valence electrons. The van der Waals surface area contributed by atoms with Crippen LogP contribution in [0.3, 0.4) is 0 Å². The fourth-order valence-electron chi connectivity index (χ4n) is 1.52. The summed E-state index contributed by atoms with van der Waals surface area (Å²) < 4.78 is 29.2. The number of hydrogen-bond donors (Lipinski definition) is 0. The predicted molar refractivity (Wildman–Crippen MR) is 74.7 cm³/mol. The minimum Gasteiger partial charge on any atom is -0.237 e. The number of alkyl halides is 2. The number of fused-ring (bicyclic) bond motifs is 1. The Morgan fingerprint density at radius 1 is 1.50 bits per heavy atom. The zero-order valence-electron chi connectivity index (χ0n) is 8.14. The van der Waals surface area contributed by atoms with Gasteiger partial charge >= 0.3 is 0 Å². The quantitative estimate of drug-likeness (QED) is 0.510. The second-order valence-corrected chi connectivity index (χ2v) is 6.37. The minimum absolute atomic E-state index is 0.0118. The van der Waals surface area contributed by atoms with Crippen molar-refractivity contribution < 1.29 is 8.78 Å². The zero-order valence-corrected chi connectivity index (χ0v) is 12.9. The van der Waals surface area contributed by atoms with Crippen LogP contribution in [0.25, 0.3) is 10.9 Å². The highest BCUT2D eigenvalue weighted by Crippen LogP contribution is 2.38. The van der Waals surface area contributed by atoms with E-state index in [2.05, 4.69) is 43.1 Å². The van der Waals surface area contributed by atoms with Crippen molar-refractivity contribution in [1.82, 2.24) is 9.55 Å². The van der Waals surface area contributed by atoms with Gasteiger partial charge in [0.2, 0.25) is 0 Å². The van der Waals surface area contributed by atoms with Gasteiger partial charge in [-0.05, 0) is 34.2 Å². The van der Waals surface area contributed by atoms with Crippen LogP contribution in [-0.4, -0.2) is 9.55 Å². The minimum atomic E-state index is -2.86. The molecule has 0 aliphatic heterocycles. The third-order valence-corrected chi connectivity index (χ3v) is 4.55. The molecular weight excluding hydrogens is 412 g/mol. The number of benzene rings is 1. The Hall–Kier alpha value is 0.190. The molecule has 0 aliphatic carbocycles. The molecule has 0 bridgehead atoms. The second-order valence-electron chi connectivity index (χ2n) is 3.42. The van der Waals surface area contributed by atoms with E-state index in [0.717, 1.165) is 12.4 Å². The molecule has 0 radical (unpaired) electrons. The topological polar surface area (TPSA) is 17.8 Å². The van der Waals surface area contributed by atoms with Gasteiger partial charge in [-0.15, -0.1) is 0 Å². The summed E-state index contributed by atoms with van der Waals surface area (Å²) in [6.07, 6.45) is 1.89. The van der Waals surface area contributed by atoms with E-state index in [1.165, 1.54) is 12.3 Å². The van der Waals surface area contributed by atoms with Crippen molar-refractivity contribution in [2.75, 3.05) is 0 Å². The van der Waals surface area contributed by atoms with E-state index in [1.807, 2.05) is 6.07 Å². The predicted octanol–water partition coefficient (Wildman–Crippen LogP) is 4.70. The lowest BCUT2D eigenvalue weighted by Crippen LogP contribution is -2.07. The largest absolute Gasteiger partial charge is 0.271 e. The average Bonchev–Trinajstić information content (AvgIpc) is 2.57. The lowest BCUT2D eigenvalue weighted by atomic mass is 10.1. The van der Waals surface area contributed by atoms with Gasteiger partial charge in [-0.25, -0.2) is 13.2 Å². The number of halogens is 4. The molecule has 1 unspecified atom stereocenters. The van der Waals surface area contributed by atoms with Crippen LogP contribution in [-0.2, 0) is 5.92 Å². The molecule has 0 aliphatic rings. The first kappa shape index (κ1) is 12.6. The molecule has 0 spiro atoms. The van der Waals surface area contributed by atoms with Gasteiger partial charge in [0.05, 0.1) is 18.1 Å². The lowest BCUT2D eigenvalue weighted by molar-refractivity contribution is 0.0190. The Morgan fingerprint density at radius 3 is 2.75 bits per heavy atom. The molecule has 0 saturated carbocycles. The van der Waals surface area contributed by atoms with Crippen LogP contribution in [0.2, 0.25) is 0 Å². The maximum absolute atomic E-state index is 13.4. The highest BCUT2D eigenvalue weighted by Gasteiger charge is 2.28. The van der Waals surface area contributed by atoms with Crippen molar-refractivity contribution in [2.24, 2.45) is 0 Å². The summed E-state index contributed by atoms with van der Waals surface area (Å²) in [6, 6.07) is 3.26. The third kappa shape index (κ3) is 2.24. The van der Waals surface area contributed by atoms with Crippen LogP contribution in [0.5, 0.6) is 0 Å². The van der Waals surface area contributed by atoms with Crippen LogP contribution >= 0.6 is 44.3 Å². The summed E-state index contributed by atoms with van der Waals surface area (Å²) in [7, 11) is 0. The number of nitrogens with zero attached hydrogens (tertiary/aromatic N) is 2. The molecular formula is C9H7BrF2IN2P. The van der Waals surface area contributed by atoms with E-state index in [4.69, 9.17) is 0 Å². The molecule has 0 saturated heterocycles. The summed E-state index contributed by atoms with van der Waals surface area (Å²) in [5, 5.41) is 4.61. The van der Waals surface area contributed by atoms with E-state index in [-0.39, 0.29) is 5.56 Å². The molecule has 0 N–H and O–H groups in total. The van der Waals surface area contributed by atoms with E-state index in [0.29, 0.717) is 16.2 Å². The maximum atomic E-state index is 13.4. The van der Waals surface area contributed by atoms with Gasteiger partial charge in [-0.2, -0.15) is 5.10 Å². The maximum Gasteiger partial charge on any atom is 0.271 e. The van der Waals surface area contributed by atoms with E-state index in [1.54, 1.807) is 4.45 Å². The van der Waals surface area contributed by atoms with Gasteiger partial charge < -0.3 is 0 Å². The van der Waals surface area contributed by atoms with Gasteiger partial charge in [0.25, 0.3) is 5.92 Å². The van der Waals surface area contributed by atoms with Crippen LogP contribution in [0.4, 0.5) is 8.78 Å². The second kappa shape index (κ2) is 4.46. The first-order chi connectivity index (χ1) is 7.43. The Kier molecular flexibility index (Phi) is 3.52. The van der Waals surface area contributed by atoms with Crippen LogP contribution in [0.15, 0.2) is 22.8 Å². The fourth-order valence-corrected chi connectivity index (χ4v) is 3.50. The first-order valence-electron chi connectivity index (χ1n) is 4.35. The molecule has 1 aromatic heterocycles. The highest BCUT2D eigenvalue weighted by atomic mass is 127. The normalized spacial score (nSPS) is 13.1. The Morgan fingerprint density at radius 2 is 2.19 bits per heavy atom. The molecule has 2 aromatic rings. The SMILES string of the molecule is CC(F)(F)c1cc(Br)cc2c1cnn2PI. The van der Waals surface area contributed by atoms with Gasteiger partial charge in [-0.1, -0.05) is 15.9 Å². The molecule has 16 heavy (non-hydrogen) atoms. The fraction of sp³-hybridized carbons (Fsp3) is 0.222. The molecule has 2 rings (SSSR count). The zero-order chi connectivity index (χ0) is 11.9. The standard InChI is InChI=1S/C9H7BrF2IN2P/c1-9(11,12)7-2-5(10)3-8-6(7)4-14-15(8)16-13/h2-4,16H,1H3. The van der Waals surface area contributed by atoms with E-state index < -0.39 is 5.92 Å². The van der Waals surface area contributed by atoms with E-state index >= 15 is 0 Å². The Balaban J connectivity index is 2.80. The molecule has 0 fully saturated rings. The number of hydrogen-bond acceptors (Lipinski definition) is 1. The first-order valence-corrected chi connectivity index (χ1v) is 9.21. The van der Waals surface area contributed by atoms with Crippen molar-refractivity contribution in [3.05, 3.63) is 28.4 Å². The van der Waals surface area contributed by atoms with Crippen molar-refractivity contribution >= 4 is 55.2 Å². The molecule has 0 amide bonds. The smallest absolute Gasteiger partial charge is 0.237 e. The summed E-state index contributed by atoms with van der Waals surface area (Å²) in [5.74, 6) is -2.86. The number of aromatic nitrogens is 2. The highest BCUT2D eigenvalue weighted by molar-refractivity contribution is 14.2. The van der Waals surface area contributed by atoms with Gasteiger partial charge in [-0.3, -0.25) is 0 Å². The molecule has 2 nitrogen and oxygen atoms in total.